The van der Waals surface area contributed by atoms with Crippen LogP contribution in [-0.4, -0.2) is 68.7 Å². The number of carbonyl (C=O) groups is 2. The van der Waals surface area contributed by atoms with Gasteiger partial charge in [0.2, 0.25) is 15.9 Å². The molecule has 3 rings (SSSR count). The minimum Gasteiger partial charge on any atom is -0.340 e. The van der Waals surface area contributed by atoms with Crippen LogP contribution in [0.25, 0.3) is 0 Å². The van der Waals surface area contributed by atoms with E-state index in [2.05, 4.69) is 15.5 Å². The lowest BCUT2D eigenvalue weighted by atomic mass is 10.0. The number of hydrogen-bond donors (Lipinski definition) is 2. The highest BCUT2D eigenvalue weighted by Crippen LogP contribution is 2.21. The third-order valence-electron chi connectivity index (χ3n) is 5.47. The van der Waals surface area contributed by atoms with Crippen LogP contribution in [0.5, 0.6) is 0 Å². The molecule has 2 aromatic rings. The normalized spacial score (nSPS) is 16.5. The SMILES string of the molecule is CC(C)C(NC(=O)c1ccccc1)C(=O)Nc1cccc(S(=O)(=O)N2CCN(C)CC2)c1. The molecule has 1 heterocycles. The molecule has 0 spiro atoms. The van der Waals surface area contributed by atoms with E-state index < -0.39 is 22.0 Å². The summed E-state index contributed by atoms with van der Waals surface area (Å²) in [6, 6.07) is 14.1. The quantitative estimate of drug-likeness (QED) is 0.661. The lowest BCUT2D eigenvalue weighted by Gasteiger charge is -2.31. The van der Waals surface area contributed by atoms with Gasteiger partial charge in [-0.15, -0.1) is 0 Å². The van der Waals surface area contributed by atoms with E-state index in [4.69, 9.17) is 0 Å². The molecule has 0 bridgehead atoms. The molecule has 1 fully saturated rings. The van der Waals surface area contributed by atoms with E-state index in [0.717, 1.165) is 0 Å². The van der Waals surface area contributed by atoms with Crippen molar-refractivity contribution in [3.8, 4) is 0 Å². The Kier molecular flexibility index (Phi) is 7.65. The van der Waals surface area contributed by atoms with Gasteiger partial charge in [-0.25, -0.2) is 8.42 Å². The van der Waals surface area contributed by atoms with E-state index in [9.17, 15) is 18.0 Å². The van der Waals surface area contributed by atoms with Crippen molar-refractivity contribution in [3.05, 3.63) is 60.2 Å². The van der Waals surface area contributed by atoms with Crippen molar-refractivity contribution in [2.75, 3.05) is 38.5 Å². The van der Waals surface area contributed by atoms with E-state index in [1.54, 1.807) is 36.4 Å². The molecule has 8 nitrogen and oxygen atoms in total. The molecule has 32 heavy (non-hydrogen) atoms. The molecule has 2 N–H and O–H groups in total. The largest absolute Gasteiger partial charge is 0.340 e. The number of sulfonamides is 1. The minimum atomic E-state index is -3.65. The average molecular weight is 459 g/mol. The van der Waals surface area contributed by atoms with E-state index >= 15 is 0 Å². The number of rotatable bonds is 7. The molecule has 0 aliphatic carbocycles. The number of piperazine rings is 1. The lowest BCUT2D eigenvalue weighted by Crippen LogP contribution is -2.47. The molecule has 1 aliphatic heterocycles. The maximum Gasteiger partial charge on any atom is 0.251 e. The topological polar surface area (TPSA) is 98.8 Å². The van der Waals surface area contributed by atoms with Gasteiger partial charge in [-0.2, -0.15) is 4.31 Å². The van der Waals surface area contributed by atoms with Gasteiger partial charge in [-0.05, 0) is 43.3 Å². The Morgan fingerprint density at radius 3 is 2.22 bits per heavy atom. The fraction of sp³-hybridized carbons (Fsp3) is 0.391. The standard InChI is InChI=1S/C23H30N4O4S/c1-17(2)21(25-22(28)18-8-5-4-6-9-18)23(29)24-19-10-7-11-20(16-19)32(30,31)27-14-12-26(3)13-15-27/h4-11,16-17,21H,12-15H2,1-3H3,(H,24,29)(H,25,28). The van der Waals surface area contributed by atoms with E-state index in [0.29, 0.717) is 37.4 Å². The molecule has 1 unspecified atom stereocenters. The van der Waals surface area contributed by atoms with Crippen LogP contribution in [0.1, 0.15) is 24.2 Å². The highest BCUT2D eigenvalue weighted by Gasteiger charge is 2.28. The minimum absolute atomic E-state index is 0.134. The van der Waals surface area contributed by atoms with E-state index in [1.807, 2.05) is 27.0 Å². The van der Waals surface area contributed by atoms with Gasteiger partial charge in [0.05, 0.1) is 4.90 Å². The highest BCUT2D eigenvalue weighted by molar-refractivity contribution is 7.89. The summed E-state index contributed by atoms with van der Waals surface area (Å²) in [6.07, 6.45) is 0. The molecule has 0 aromatic heterocycles. The monoisotopic (exact) mass is 458 g/mol. The van der Waals surface area contributed by atoms with Gasteiger partial charge in [0, 0.05) is 37.4 Å². The maximum atomic E-state index is 13.0. The van der Waals surface area contributed by atoms with Gasteiger partial charge < -0.3 is 15.5 Å². The fourth-order valence-corrected chi connectivity index (χ4v) is 4.95. The van der Waals surface area contributed by atoms with Gasteiger partial charge >= 0.3 is 0 Å². The van der Waals surface area contributed by atoms with Gasteiger partial charge in [0.1, 0.15) is 6.04 Å². The number of nitrogens with zero attached hydrogens (tertiary/aromatic N) is 2. The summed E-state index contributed by atoms with van der Waals surface area (Å²) in [6.45, 7) is 5.87. The Labute approximate surface area is 189 Å². The van der Waals surface area contributed by atoms with Crippen LogP contribution in [0, 0.1) is 5.92 Å². The van der Waals surface area contributed by atoms with Gasteiger partial charge in [0.25, 0.3) is 5.91 Å². The molecule has 9 heteroatoms. The van der Waals surface area contributed by atoms with Gasteiger partial charge in [-0.3, -0.25) is 9.59 Å². The van der Waals surface area contributed by atoms with Crippen molar-refractivity contribution >= 4 is 27.5 Å². The average Bonchev–Trinajstić information content (AvgIpc) is 2.78. The molecule has 0 saturated carbocycles. The highest BCUT2D eigenvalue weighted by atomic mass is 32.2. The van der Waals surface area contributed by atoms with E-state index in [-0.39, 0.29) is 16.7 Å². The zero-order valence-electron chi connectivity index (χ0n) is 18.6. The zero-order valence-corrected chi connectivity index (χ0v) is 19.4. The van der Waals surface area contributed by atoms with Crippen molar-refractivity contribution in [1.82, 2.24) is 14.5 Å². The van der Waals surface area contributed by atoms with Crippen molar-refractivity contribution in [1.29, 1.82) is 0 Å². The molecule has 1 saturated heterocycles. The number of hydrogen-bond acceptors (Lipinski definition) is 5. The Hall–Kier alpha value is -2.75. The third-order valence-corrected chi connectivity index (χ3v) is 7.37. The zero-order chi connectivity index (χ0) is 23.3. The molecule has 2 amide bonds. The second-order valence-corrected chi connectivity index (χ2v) is 10.2. The second kappa shape index (κ2) is 10.2. The second-order valence-electron chi connectivity index (χ2n) is 8.29. The Morgan fingerprint density at radius 1 is 0.938 bits per heavy atom. The van der Waals surface area contributed by atoms with Crippen LogP contribution >= 0.6 is 0 Å². The van der Waals surface area contributed by atoms with Crippen LogP contribution in [0.3, 0.4) is 0 Å². The van der Waals surface area contributed by atoms with Crippen molar-refractivity contribution in [3.63, 3.8) is 0 Å². The summed E-state index contributed by atoms with van der Waals surface area (Å²) >= 11 is 0. The predicted octanol–water partition coefficient (Wildman–Crippen LogP) is 2.02. The van der Waals surface area contributed by atoms with Crippen molar-refractivity contribution in [2.45, 2.75) is 24.8 Å². The van der Waals surface area contributed by atoms with Crippen LogP contribution in [0.15, 0.2) is 59.5 Å². The first-order valence-electron chi connectivity index (χ1n) is 10.6. The summed E-state index contributed by atoms with van der Waals surface area (Å²) in [7, 11) is -1.69. The molecular formula is C23H30N4O4S. The molecule has 2 aromatic carbocycles. The number of amides is 2. The fourth-order valence-electron chi connectivity index (χ4n) is 3.48. The summed E-state index contributed by atoms with van der Waals surface area (Å²) in [5.41, 5.74) is 0.830. The van der Waals surface area contributed by atoms with E-state index in [1.165, 1.54) is 16.4 Å². The van der Waals surface area contributed by atoms with Crippen LogP contribution in [0.2, 0.25) is 0 Å². The first-order valence-corrected chi connectivity index (χ1v) is 12.1. The predicted molar refractivity (Wildman–Crippen MR) is 124 cm³/mol. The van der Waals surface area contributed by atoms with Gasteiger partial charge in [0.15, 0.2) is 0 Å². The molecular weight excluding hydrogens is 428 g/mol. The number of anilines is 1. The summed E-state index contributed by atoms with van der Waals surface area (Å²) in [5.74, 6) is -0.913. The van der Waals surface area contributed by atoms with Crippen LogP contribution in [0.4, 0.5) is 5.69 Å². The van der Waals surface area contributed by atoms with Crippen molar-refractivity contribution in [2.24, 2.45) is 5.92 Å². The number of likely N-dealkylation sites (N-methyl/N-ethyl adjacent to an activating group) is 1. The lowest BCUT2D eigenvalue weighted by molar-refractivity contribution is -0.118. The van der Waals surface area contributed by atoms with Crippen molar-refractivity contribution < 1.29 is 18.0 Å². The molecule has 172 valence electrons. The summed E-state index contributed by atoms with van der Waals surface area (Å²) in [5, 5.41) is 5.53. The Balaban J connectivity index is 1.73. The summed E-state index contributed by atoms with van der Waals surface area (Å²) in [4.78, 5) is 27.7. The molecule has 0 radical (unpaired) electrons. The number of nitrogens with one attached hydrogen (secondary N) is 2. The molecule has 1 aliphatic rings. The smallest absolute Gasteiger partial charge is 0.251 e. The summed E-state index contributed by atoms with van der Waals surface area (Å²) < 4.78 is 27.5. The van der Waals surface area contributed by atoms with Crippen LogP contribution in [-0.2, 0) is 14.8 Å². The number of benzene rings is 2. The third kappa shape index (κ3) is 5.73. The molecule has 1 atom stereocenters. The Morgan fingerprint density at radius 2 is 1.59 bits per heavy atom. The first-order chi connectivity index (χ1) is 15.2. The van der Waals surface area contributed by atoms with Gasteiger partial charge in [-0.1, -0.05) is 38.1 Å². The number of carbonyl (C=O) groups excluding carboxylic acids is 2. The van der Waals surface area contributed by atoms with Crippen LogP contribution < -0.4 is 10.6 Å². The maximum absolute atomic E-state index is 13.0. The first kappa shape index (κ1) is 23.9. The Bertz CT molecular complexity index is 1050.